The van der Waals surface area contributed by atoms with Crippen LogP contribution in [0.25, 0.3) is 134 Å². The molecule has 0 aliphatic rings. The van der Waals surface area contributed by atoms with E-state index in [1.165, 1.54) is 42.5 Å². The van der Waals surface area contributed by atoms with Crippen molar-refractivity contribution in [2.45, 2.75) is 27.7 Å². The molecule has 128 heavy (non-hydrogen) atoms. The van der Waals surface area contributed by atoms with Crippen LogP contribution in [0.2, 0.25) is 10.0 Å². The molecule has 0 saturated carbocycles. The van der Waals surface area contributed by atoms with E-state index in [2.05, 4.69) is 78.6 Å². The van der Waals surface area contributed by atoms with Crippen molar-refractivity contribution in [3.8, 4) is 85.6 Å². The highest BCUT2D eigenvalue weighted by atomic mass is 35.5. The molecule has 6 heterocycles. The number of hydrogen-bond acceptors (Lipinski definition) is 21. The second kappa shape index (κ2) is 40.4. The third-order valence-corrected chi connectivity index (χ3v) is 20.8. The number of nitrogens with zero attached hydrogens (tertiary/aromatic N) is 18. The molecule has 18 aromatic rings. The Morgan fingerprint density at radius 3 is 0.859 bits per heavy atom. The second-order valence-corrected chi connectivity index (χ2v) is 31.3. The maximum absolute atomic E-state index is 14.1. The number of anilines is 6. The summed E-state index contributed by atoms with van der Waals surface area (Å²) in [6.07, 6.45) is 0. The van der Waals surface area contributed by atoms with E-state index in [0.29, 0.717) is 123 Å². The smallest absolute Gasteiger partial charge is 0.165 e. The first-order valence-corrected chi connectivity index (χ1v) is 41.4. The minimum Gasteiger partial charge on any atom is -0.507 e. The number of fused-ring (bicyclic) bond motifs is 6. The Bertz CT molecular complexity index is 6780. The van der Waals surface area contributed by atoms with Gasteiger partial charge < -0.3 is 44.7 Å². The number of aromatic nitrogens is 12. The number of phenols is 3. The van der Waals surface area contributed by atoms with Crippen LogP contribution in [0, 0.1) is 42.9 Å². The van der Waals surface area contributed by atoms with E-state index in [9.17, 15) is 37.3 Å². The van der Waals surface area contributed by atoms with Crippen molar-refractivity contribution in [1.82, 2.24) is 59.8 Å². The van der Waals surface area contributed by atoms with Gasteiger partial charge in [-0.2, -0.15) is 0 Å². The summed E-state index contributed by atoms with van der Waals surface area (Å²) >= 11 is 12.1. The Morgan fingerprint density at radius 1 is 0.258 bits per heavy atom. The lowest BCUT2D eigenvalue weighted by molar-refractivity contribution is 0.476. The maximum Gasteiger partial charge on any atom is 0.165 e. The number of benzene rings is 12. The highest BCUT2D eigenvalue weighted by molar-refractivity contribution is 6.31. The fraction of sp³-hybridized carbons (Fsp3) is 0.160. The normalized spacial score (nSPS) is 10.9. The van der Waals surface area contributed by atoms with Crippen LogP contribution in [0.15, 0.2) is 255 Å². The van der Waals surface area contributed by atoms with Gasteiger partial charge in [0.05, 0.1) is 66.5 Å². The molecular formula is C100H91Cl2F5N18O3. The lowest BCUT2D eigenvalue weighted by Gasteiger charge is -2.22. The van der Waals surface area contributed by atoms with Crippen LogP contribution >= 0.6 is 23.2 Å². The Hall–Kier alpha value is -14.9. The van der Waals surface area contributed by atoms with Gasteiger partial charge in [-0.15, -0.1) is 0 Å². The molecule has 0 atom stereocenters. The fourth-order valence-electron chi connectivity index (χ4n) is 14.0. The Morgan fingerprint density at radius 2 is 0.531 bits per heavy atom. The zero-order chi connectivity index (χ0) is 91.3. The fourth-order valence-corrected chi connectivity index (χ4v) is 14.3. The first kappa shape index (κ1) is 90.8. The summed E-state index contributed by atoms with van der Waals surface area (Å²) in [5.74, 6) is 5.68. The summed E-state index contributed by atoms with van der Waals surface area (Å²) in [7, 11) is 18.9. The third kappa shape index (κ3) is 20.7. The highest BCUT2D eigenvalue weighted by Crippen LogP contribution is 2.39. The molecule has 0 bridgehead atoms. The molecule has 0 aliphatic heterocycles. The van der Waals surface area contributed by atoms with Gasteiger partial charge in [-0.3, -0.25) is 0 Å². The van der Waals surface area contributed by atoms with Gasteiger partial charge in [-0.1, -0.05) is 120 Å². The van der Waals surface area contributed by atoms with E-state index in [1.807, 2.05) is 178 Å². The molecule has 0 saturated heterocycles. The molecule has 0 fully saturated rings. The van der Waals surface area contributed by atoms with Crippen LogP contribution in [0.4, 0.5) is 56.9 Å². The predicted octanol–water partition coefficient (Wildman–Crippen LogP) is 22.7. The predicted molar refractivity (Wildman–Crippen MR) is 509 cm³/mol. The van der Waals surface area contributed by atoms with Crippen molar-refractivity contribution in [1.29, 1.82) is 0 Å². The van der Waals surface area contributed by atoms with Gasteiger partial charge in [0.15, 0.2) is 34.9 Å². The molecule has 21 nitrogen and oxygen atoms in total. The van der Waals surface area contributed by atoms with Crippen LogP contribution in [0.3, 0.4) is 0 Å². The van der Waals surface area contributed by atoms with Crippen molar-refractivity contribution in [3.63, 3.8) is 0 Å². The van der Waals surface area contributed by atoms with Crippen LogP contribution in [0.5, 0.6) is 17.2 Å². The quantitative estimate of drug-likeness (QED) is 0.0858. The van der Waals surface area contributed by atoms with Crippen molar-refractivity contribution in [2.75, 3.05) is 113 Å². The average Bonchev–Trinajstić information content (AvgIpc) is 0.806. The van der Waals surface area contributed by atoms with Gasteiger partial charge in [0.1, 0.15) is 81.2 Å². The van der Waals surface area contributed by atoms with Crippen LogP contribution in [0.1, 0.15) is 25.0 Å². The molecule has 6 aromatic heterocycles. The number of phenolic OH excluding ortho intramolecular Hbond substituents is 3. The zero-order valence-corrected chi connectivity index (χ0v) is 74.2. The summed E-state index contributed by atoms with van der Waals surface area (Å²) in [4.78, 5) is 65.8. The third-order valence-electron chi connectivity index (χ3n) is 20.3. The van der Waals surface area contributed by atoms with Gasteiger partial charge in [0, 0.05) is 126 Å². The largest absolute Gasteiger partial charge is 0.507 e. The average molecular weight is 1760 g/mol. The zero-order valence-electron chi connectivity index (χ0n) is 72.7. The van der Waals surface area contributed by atoms with Gasteiger partial charge >= 0.3 is 0 Å². The lowest BCUT2D eigenvalue weighted by atomic mass is 10.1. The first-order chi connectivity index (χ1) is 61.5. The van der Waals surface area contributed by atoms with Gasteiger partial charge in [0.25, 0.3) is 0 Å². The van der Waals surface area contributed by atoms with Crippen molar-refractivity contribution in [2.24, 2.45) is 0 Å². The Labute approximate surface area is 747 Å². The summed E-state index contributed by atoms with van der Waals surface area (Å²) in [6, 6.07) is 72.3. The summed E-state index contributed by atoms with van der Waals surface area (Å²) in [5, 5.41) is 36.2. The van der Waals surface area contributed by atoms with Gasteiger partial charge in [-0.05, 0) is 197 Å². The van der Waals surface area contributed by atoms with Crippen LogP contribution in [-0.4, -0.2) is 159 Å². The monoisotopic (exact) mass is 1760 g/mol. The minimum absolute atomic E-state index is 0.115. The number of aryl methyl sites for hydroxylation is 2. The van der Waals surface area contributed by atoms with Gasteiger partial charge in [-0.25, -0.2) is 81.8 Å². The SMILES string of the molecule is CCN(CC)c1nc(-c2ccccc2F)nc2cc(Cl)ccc12.CN(C)c1nc(-c2ccccc2F)nc2cc(Cl)ccc12.CN(C)c1nc(-c2ccccc2O)nc2ccc(F)cc12.CN(C)c1nc(-c2ccccc2O)nc2ccc(F)cc12.Cc1cccc2c(N(C)C)nc(-c3ccccc3F)nc12.Cc1cccc2c(N(C)C)nc(-c3ccccc3O)nc12. The van der Waals surface area contributed by atoms with Crippen molar-refractivity contribution in [3.05, 3.63) is 305 Å². The van der Waals surface area contributed by atoms with Gasteiger partial charge in [0.2, 0.25) is 0 Å². The maximum atomic E-state index is 14.1. The Balaban J connectivity index is 0.000000131. The topological polar surface area (TPSA) is 235 Å². The van der Waals surface area contributed by atoms with E-state index in [1.54, 1.807) is 143 Å². The summed E-state index contributed by atoms with van der Waals surface area (Å²) < 4.78 is 69.0. The molecule has 0 aliphatic carbocycles. The van der Waals surface area contributed by atoms with Crippen LogP contribution < -0.4 is 29.4 Å². The molecule has 0 amide bonds. The lowest BCUT2D eigenvalue weighted by Crippen LogP contribution is -2.23. The molecule has 0 unspecified atom stereocenters. The molecular weight excluding hydrogens is 1670 g/mol. The molecule has 0 spiro atoms. The van der Waals surface area contributed by atoms with Crippen molar-refractivity contribution >= 4 is 124 Å². The minimum atomic E-state index is -0.344. The summed E-state index contributed by atoms with van der Waals surface area (Å²) in [6.45, 7) is 9.78. The molecule has 0 radical (unpaired) electrons. The molecule has 3 N–H and O–H groups in total. The van der Waals surface area contributed by atoms with E-state index in [-0.39, 0.29) is 46.3 Å². The number of halogens is 7. The first-order valence-electron chi connectivity index (χ1n) is 40.6. The number of para-hydroxylation sites is 5. The number of hydrogen-bond donors (Lipinski definition) is 3. The molecule has 18 rings (SSSR count). The standard InChI is InChI=1S/C18H17ClFN3.C17H16FN3.C17H17N3O.C16H13ClFN3.2C16H14FN3O/c1-3-23(4-2)18-14-10-9-12(19)11-16(14)21-17(22-18)13-7-5-6-8-15(13)20;1-11-7-6-9-13-15(11)19-16(20-17(13)21(2)3)12-8-4-5-10-14(12)18;1-11-7-6-9-13-15(11)18-16(19-17(13)20(2)3)12-8-4-5-10-14(12)21;1-21(2)16-12-8-7-10(17)9-14(12)19-15(20-16)11-5-3-4-6-13(11)18;2*1-20(2)16-12-9-10(17)7-8-13(12)18-15(19-16)11-5-3-4-6-14(11)21/h5-11H,3-4H2,1-2H3;4-10H,1-3H3;4-10,21H,1-3H3;3-9H,1-2H3;2*3-9,21H,1-2H3. The van der Waals surface area contributed by atoms with Crippen molar-refractivity contribution < 1.29 is 37.3 Å². The number of rotatable bonds is 14. The van der Waals surface area contributed by atoms with E-state index < -0.39 is 0 Å². The highest BCUT2D eigenvalue weighted by Gasteiger charge is 2.23. The molecule has 12 aromatic carbocycles. The number of aromatic hydroxyl groups is 3. The second-order valence-electron chi connectivity index (χ2n) is 30.4. The Kier molecular flexibility index (Phi) is 28.7. The van der Waals surface area contributed by atoms with E-state index in [0.717, 1.165) is 80.1 Å². The van der Waals surface area contributed by atoms with Crippen LogP contribution in [-0.2, 0) is 0 Å². The molecule has 28 heteroatoms. The molecule has 648 valence electrons. The van der Waals surface area contributed by atoms with E-state index >= 15 is 0 Å². The van der Waals surface area contributed by atoms with E-state index in [4.69, 9.17) is 23.2 Å². The summed E-state index contributed by atoms with van der Waals surface area (Å²) in [5.41, 5.74) is 9.52.